The predicted molar refractivity (Wildman–Crippen MR) is 77.9 cm³/mol. The summed E-state index contributed by atoms with van der Waals surface area (Å²) in [4.78, 5) is -0.424. The summed E-state index contributed by atoms with van der Waals surface area (Å²) in [5.41, 5.74) is 5.32. The second-order valence-corrected chi connectivity index (χ2v) is 7.22. The third-order valence-electron chi connectivity index (χ3n) is 2.59. The molecule has 2 rings (SSSR count). The van der Waals surface area contributed by atoms with Gasteiger partial charge in [0.2, 0.25) is 0 Å². The smallest absolute Gasteiger partial charge is 0.296 e. The van der Waals surface area contributed by atoms with Crippen molar-refractivity contribution in [3.63, 3.8) is 0 Å². The highest BCUT2D eigenvalue weighted by Gasteiger charge is 2.17. The second-order valence-electron chi connectivity index (χ2n) is 4.15. The lowest BCUT2D eigenvalue weighted by Crippen LogP contribution is -2.13. The molecule has 0 aliphatic carbocycles. The van der Waals surface area contributed by atoms with Gasteiger partial charge >= 0.3 is 0 Å². The van der Waals surface area contributed by atoms with Gasteiger partial charge in [0.15, 0.2) is 0 Å². The highest BCUT2D eigenvalue weighted by Crippen LogP contribution is 2.24. The van der Waals surface area contributed by atoms with Crippen molar-refractivity contribution < 1.29 is 21.4 Å². The quantitative estimate of drug-likeness (QED) is 0.574. The fourth-order valence-electron chi connectivity index (χ4n) is 1.66. The zero-order valence-corrected chi connectivity index (χ0v) is 12.2. The van der Waals surface area contributed by atoms with Crippen LogP contribution in [0.15, 0.2) is 58.3 Å². The molecular weight excluding hydrogens is 316 g/mol. The van der Waals surface area contributed by atoms with E-state index in [2.05, 4.69) is 4.72 Å². The zero-order valence-electron chi connectivity index (χ0n) is 10.6. The number of sulfonamides is 1. The van der Waals surface area contributed by atoms with Crippen molar-refractivity contribution in [1.82, 2.24) is 0 Å². The Kier molecular flexibility index (Phi) is 3.90. The lowest BCUT2D eigenvalue weighted by Gasteiger charge is -2.10. The third kappa shape index (κ3) is 3.51. The molecule has 0 aliphatic rings. The van der Waals surface area contributed by atoms with E-state index in [9.17, 15) is 16.8 Å². The van der Waals surface area contributed by atoms with Gasteiger partial charge in [-0.05, 0) is 30.3 Å². The van der Waals surface area contributed by atoms with Crippen molar-refractivity contribution in [3.8, 4) is 0 Å². The van der Waals surface area contributed by atoms with Crippen molar-refractivity contribution in [3.05, 3.63) is 48.5 Å². The molecule has 0 atom stereocenters. The van der Waals surface area contributed by atoms with E-state index in [1.54, 1.807) is 18.2 Å². The molecule has 2 aromatic carbocycles. The van der Waals surface area contributed by atoms with E-state index in [0.717, 1.165) is 12.1 Å². The first kappa shape index (κ1) is 15.3. The minimum absolute atomic E-state index is 0.0578. The van der Waals surface area contributed by atoms with Crippen LogP contribution in [0.4, 0.5) is 11.4 Å². The normalized spacial score (nSPS) is 12.0. The maximum atomic E-state index is 12.1. The Balaban J connectivity index is 2.36. The van der Waals surface area contributed by atoms with Crippen LogP contribution in [0.2, 0.25) is 0 Å². The second kappa shape index (κ2) is 5.35. The number of rotatable bonds is 4. The standard InChI is InChI=1S/C12H12N2O5S2/c13-11-8-9(6-7-12(11)21(17,18)19)14-20(15,16)10-4-2-1-3-5-10/h1-8,14H,13H2,(H,17,18,19). The van der Waals surface area contributed by atoms with Gasteiger partial charge in [-0.15, -0.1) is 0 Å². The lowest BCUT2D eigenvalue weighted by molar-refractivity contribution is 0.483. The van der Waals surface area contributed by atoms with Crippen molar-refractivity contribution >= 4 is 31.5 Å². The third-order valence-corrected chi connectivity index (χ3v) is 4.92. The van der Waals surface area contributed by atoms with Crippen LogP contribution in [0.25, 0.3) is 0 Å². The first-order chi connectivity index (χ1) is 9.70. The summed E-state index contributed by atoms with van der Waals surface area (Å²) < 4.78 is 57.4. The molecule has 0 heterocycles. The molecule has 7 nitrogen and oxygen atoms in total. The molecule has 2 aromatic rings. The van der Waals surface area contributed by atoms with Crippen molar-refractivity contribution in [2.45, 2.75) is 9.79 Å². The predicted octanol–water partition coefficient (Wildman–Crippen LogP) is 1.32. The Morgan fingerprint density at radius 1 is 0.952 bits per heavy atom. The summed E-state index contributed by atoms with van der Waals surface area (Å²) in [6.45, 7) is 0. The number of hydrogen-bond acceptors (Lipinski definition) is 5. The van der Waals surface area contributed by atoms with E-state index < -0.39 is 25.0 Å². The molecule has 0 aliphatic heterocycles. The van der Waals surface area contributed by atoms with Gasteiger partial charge in [0.1, 0.15) is 4.90 Å². The average Bonchev–Trinajstić information content (AvgIpc) is 2.37. The van der Waals surface area contributed by atoms with E-state index in [1.807, 2.05) is 0 Å². The monoisotopic (exact) mass is 328 g/mol. The summed E-state index contributed by atoms with van der Waals surface area (Å²) in [5.74, 6) is 0. The molecule has 9 heteroatoms. The van der Waals surface area contributed by atoms with Gasteiger partial charge in [0.05, 0.1) is 16.3 Å². The number of nitrogens with two attached hydrogens (primary N) is 1. The van der Waals surface area contributed by atoms with Crippen LogP contribution in [0.5, 0.6) is 0 Å². The molecule has 0 aromatic heterocycles. The summed E-state index contributed by atoms with van der Waals surface area (Å²) in [7, 11) is -8.24. The zero-order chi connectivity index (χ0) is 15.7. The molecule has 0 unspecified atom stereocenters. The van der Waals surface area contributed by atoms with E-state index in [0.29, 0.717) is 0 Å². The topological polar surface area (TPSA) is 127 Å². The van der Waals surface area contributed by atoms with Gasteiger partial charge in [-0.25, -0.2) is 8.42 Å². The minimum Gasteiger partial charge on any atom is -0.398 e. The fraction of sp³-hybridized carbons (Fsp3) is 0. The Bertz CT molecular complexity index is 862. The summed E-state index contributed by atoms with van der Waals surface area (Å²) >= 11 is 0. The molecule has 112 valence electrons. The van der Waals surface area contributed by atoms with Crippen LogP contribution in [0.1, 0.15) is 0 Å². The SMILES string of the molecule is Nc1cc(NS(=O)(=O)c2ccccc2)ccc1S(=O)(=O)O. The molecular formula is C12H12N2O5S2. The Hall–Kier alpha value is -2.10. The summed E-state index contributed by atoms with van der Waals surface area (Å²) in [6, 6.07) is 11.0. The van der Waals surface area contributed by atoms with Gasteiger partial charge in [-0.3, -0.25) is 9.27 Å². The largest absolute Gasteiger partial charge is 0.398 e. The summed E-state index contributed by atoms with van der Waals surface area (Å²) in [5, 5.41) is 0. The minimum atomic E-state index is -4.45. The highest BCUT2D eigenvalue weighted by molar-refractivity contribution is 7.92. The first-order valence-electron chi connectivity index (χ1n) is 5.65. The maximum absolute atomic E-state index is 12.1. The van der Waals surface area contributed by atoms with Crippen LogP contribution in [0, 0.1) is 0 Å². The first-order valence-corrected chi connectivity index (χ1v) is 8.57. The van der Waals surface area contributed by atoms with Crippen LogP contribution in [0.3, 0.4) is 0 Å². The number of anilines is 2. The van der Waals surface area contributed by atoms with Crippen LogP contribution < -0.4 is 10.5 Å². The number of hydrogen-bond donors (Lipinski definition) is 3. The van der Waals surface area contributed by atoms with E-state index >= 15 is 0 Å². The molecule has 21 heavy (non-hydrogen) atoms. The van der Waals surface area contributed by atoms with Gasteiger partial charge in [-0.1, -0.05) is 18.2 Å². The molecule has 4 N–H and O–H groups in total. The molecule has 0 fully saturated rings. The van der Waals surface area contributed by atoms with Crippen molar-refractivity contribution in [2.75, 3.05) is 10.5 Å². The molecule has 0 saturated carbocycles. The van der Waals surface area contributed by atoms with E-state index in [1.165, 1.54) is 18.2 Å². The van der Waals surface area contributed by atoms with Gasteiger partial charge in [-0.2, -0.15) is 8.42 Å². The Morgan fingerprint density at radius 3 is 2.10 bits per heavy atom. The van der Waals surface area contributed by atoms with Gasteiger partial charge in [0, 0.05) is 0 Å². The maximum Gasteiger partial charge on any atom is 0.296 e. The average molecular weight is 328 g/mol. The number of nitrogen functional groups attached to an aromatic ring is 1. The Morgan fingerprint density at radius 2 is 1.57 bits per heavy atom. The van der Waals surface area contributed by atoms with E-state index in [-0.39, 0.29) is 16.3 Å². The summed E-state index contributed by atoms with van der Waals surface area (Å²) in [6.07, 6.45) is 0. The van der Waals surface area contributed by atoms with Crippen LogP contribution >= 0.6 is 0 Å². The molecule has 0 amide bonds. The van der Waals surface area contributed by atoms with Crippen LogP contribution in [-0.4, -0.2) is 21.4 Å². The Labute approximate surface area is 122 Å². The molecule has 0 saturated heterocycles. The van der Waals surface area contributed by atoms with E-state index in [4.69, 9.17) is 10.3 Å². The fourth-order valence-corrected chi connectivity index (χ4v) is 3.33. The lowest BCUT2D eigenvalue weighted by atomic mass is 10.3. The molecule has 0 radical (unpaired) electrons. The van der Waals surface area contributed by atoms with Crippen LogP contribution in [-0.2, 0) is 20.1 Å². The van der Waals surface area contributed by atoms with Gasteiger partial charge < -0.3 is 5.73 Å². The van der Waals surface area contributed by atoms with Crippen molar-refractivity contribution in [1.29, 1.82) is 0 Å². The van der Waals surface area contributed by atoms with Crippen molar-refractivity contribution in [2.24, 2.45) is 0 Å². The van der Waals surface area contributed by atoms with Gasteiger partial charge in [0.25, 0.3) is 20.1 Å². The number of nitrogens with one attached hydrogen (secondary N) is 1. The number of benzene rings is 2. The molecule has 0 spiro atoms. The highest BCUT2D eigenvalue weighted by atomic mass is 32.2. The molecule has 0 bridgehead atoms.